The van der Waals surface area contributed by atoms with Crippen LogP contribution in [0.5, 0.6) is 5.88 Å². The molecule has 0 aromatic carbocycles. The Balaban J connectivity index is 1.85. The zero-order valence-electron chi connectivity index (χ0n) is 12.6. The first-order chi connectivity index (χ1) is 9.66. The van der Waals surface area contributed by atoms with E-state index in [-0.39, 0.29) is 6.10 Å². The number of nitrogens with zero attached hydrogens (tertiary/aromatic N) is 2. The van der Waals surface area contributed by atoms with Gasteiger partial charge in [0.1, 0.15) is 12.0 Å². The van der Waals surface area contributed by atoms with E-state index in [4.69, 9.17) is 10.5 Å². The molecule has 0 radical (unpaired) electrons. The van der Waals surface area contributed by atoms with Crippen molar-refractivity contribution in [2.24, 2.45) is 5.92 Å². The van der Waals surface area contributed by atoms with Crippen LogP contribution >= 0.6 is 0 Å². The topological polar surface area (TPSA) is 73.1 Å². The summed E-state index contributed by atoms with van der Waals surface area (Å²) in [5.74, 6) is 2.01. The first-order valence-corrected chi connectivity index (χ1v) is 7.68. The zero-order chi connectivity index (χ0) is 14.4. The smallest absolute Gasteiger partial charge is 0.242 e. The molecule has 1 aromatic rings. The number of rotatable bonds is 6. The van der Waals surface area contributed by atoms with Crippen molar-refractivity contribution in [3.63, 3.8) is 0 Å². The highest BCUT2D eigenvalue weighted by molar-refractivity contribution is 5.66. The SMILES string of the molecule is CC(C)Oc1ncnc(NCCC2CCCCC2)c1N. The summed E-state index contributed by atoms with van der Waals surface area (Å²) in [6, 6.07) is 0. The Morgan fingerprint density at radius 3 is 2.75 bits per heavy atom. The van der Waals surface area contributed by atoms with E-state index in [0.717, 1.165) is 12.5 Å². The van der Waals surface area contributed by atoms with Crippen LogP contribution in [0, 0.1) is 5.92 Å². The Morgan fingerprint density at radius 1 is 1.30 bits per heavy atom. The molecule has 0 atom stereocenters. The Bertz CT molecular complexity index is 416. The molecule has 1 saturated carbocycles. The summed E-state index contributed by atoms with van der Waals surface area (Å²) < 4.78 is 5.57. The lowest BCUT2D eigenvalue weighted by atomic mass is 9.87. The highest BCUT2D eigenvalue weighted by Crippen LogP contribution is 2.28. The molecule has 112 valence electrons. The molecule has 3 N–H and O–H groups in total. The monoisotopic (exact) mass is 278 g/mol. The van der Waals surface area contributed by atoms with E-state index < -0.39 is 0 Å². The Labute approximate surface area is 121 Å². The van der Waals surface area contributed by atoms with Crippen LogP contribution in [-0.2, 0) is 0 Å². The molecule has 0 bridgehead atoms. The average molecular weight is 278 g/mol. The number of nitrogen functional groups attached to an aromatic ring is 1. The van der Waals surface area contributed by atoms with Gasteiger partial charge in [0, 0.05) is 6.54 Å². The lowest BCUT2D eigenvalue weighted by molar-refractivity contribution is 0.234. The van der Waals surface area contributed by atoms with E-state index in [1.807, 2.05) is 13.8 Å². The number of nitrogens with one attached hydrogen (secondary N) is 1. The Kier molecular flexibility index (Phi) is 5.44. The second-order valence-corrected chi connectivity index (χ2v) is 5.83. The summed E-state index contributed by atoms with van der Waals surface area (Å²) >= 11 is 0. The van der Waals surface area contributed by atoms with Gasteiger partial charge < -0.3 is 15.8 Å². The molecule has 5 nitrogen and oxygen atoms in total. The minimum atomic E-state index is 0.0577. The molecule has 0 amide bonds. The first kappa shape index (κ1) is 14.9. The van der Waals surface area contributed by atoms with Gasteiger partial charge in [-0.05, 0) is 26.2 Å². The van der Waals surface area contributed by atoms with Crippen LogP contribution in [-0.4, -0.2) is 22.6 Å². The summed E-state index contributed by atoms with van der Waals surface area (Å²) in [6.07, 6.45) is 9.63. The summed E-state index contributed by atoms with van der Waals surface area (Å²) in [6.45, 7) is 4.82. The first-order valence-electron chi connectivity index (χ1n) is 7.68. The minimum Gasteiger partial charge on any atom is -0.473 e. The summed E-state index contributed by atoms with van der Waals surface area (Å²) in [7, 11) is 0. The summed E-state index contributed by atoms with van der Waals surface area (Å²) in [5, 5.41) is 3.32. The quantitative estimate of drug-likeness (QED) is 0.835. The van der Waals surface area contributed by atoms with Crippen LogP contribution in [0.15, 0.2) is 6.33 Å². The van der Waals surface area contributed by atoms with Crippen molar-refractivity contribution in [2.45, 2.75) is 58.5 Å². The molecule has 0 saturated heterocycles. The number of hydrogen-bond acceptors (Lipinski definition) is 5. The van der Waals surface area contributed by atoms with Gasteiger partial charge in [-0.25, -0.2) is 4.98 Å². The number of hydrogen-bond donors (Lipinski definition) is 2. The molecule has 20 heavy (non-hydrogen) atoms. The van der Waals surface area contributed by atoms with Crippen molar-refractivity contribution < 1.29 is 4.74 Å². The molecule has 1 aliphatic carbocycles. The van der Waals surface area contributed by atoms with Gasteiger partial charge in [-0.1, -0.05) is 32.1 Å². The van der Waals surface area contributed by atoms with E-state index in [2.05, 4.69) is 15.3 Å². The highest BCUT2D eigenvalue weighted by Gasteiger charge is 2.14. The molecule has 1 aliphatic rings. The zero-order valence-corrected chi connectivity index (χ0v) is 12.6. The second-order valence-electron chi connectivity index (χ2n) is 5.83. The Hall–Kier alpha value is -1.52. The van der Waals surface area contributed by atoms with Crippen molar-refractivity contribution >= 4 is 11.5 Å². The maximum absolute atomic E-state index is 6.04. The third kappa shape index (κ3) is 4.25. The second kappa shape index (κ2) is 7.31. The van der Waals surface area contributed by atoms with E-state index in [1.54, 1.807) is 0 Å². The van der Waals surface area contributed by atoms with Gasteiger partial charge in [-0.2, -0.15) is 4.98 Å². The molecular formula is C15H26N4O. The van der Waals surface area contributed by atoms with Gasteiger partial charge in [0.05, 0.1) is 6.10 Å². The van der Waals surface area contributed by atoms with Gasteiger partial charge in [0.25, 0.3) is 0 Å². The number of nitrogens with two attached hydrogens (primary N) is 1. The Morgan fingerprint density at radius 2 is 2.05 bits per heavy atom. The molecule has 1 heterocycles. The van der Waals surface area contributed by atoms with Crippen LogP contribution < -0.4 is 15.8 Å². The summed E-state index contributed by atoms with van der Waals surface area (Å²) in [5.41, 5.74) is 6.54. The molecule has 0 spiro atoms. The minimum absolute atomic E-state index is 0.0577. The van der Waals surface area contributed by atoms with Crippen LogP contribution in [0.3, 0.4) is 0 Å². The van der Waals surface area contributed by atoms with E-state index in [9.17, 15) is 0 Å². The molecule has 0 unspecified atom stereocenters. The van der Waals surface area contributed by atoms with Gasteiger partial charge >= 0.3 is 0 Å². The number of anilines is 2. The standard InChI is InChI=1S/C15H26N4O/c1-11(2)20-15-13(16)14(18-10-19-15)17-9-8-12-6-4-3-5-7-12/h10-12H,3-9,16H2,1-2H3,(H,17,18,19). The van der Waals surface area contributed by atoms with Crippen molar-refractivity contribution in [1.29, 1.82) is 0 Å². The molecule has 2 rings (SSSR count). The fourth-order valence-electron chi connectivity index (χ4n) is 2.71. The normalized spacial score (nSPS) is 16.4. The fourth-order valence-corrected chi connectivity index (χ4v) is 2.71. The van der Waals surface area contributed by atoms with E-state index >= 15 is 0 Å². The van der Waals surface area contributed by atoms with Gasteiger partial charge in [-0.3, -0.25) is 0 Å². The predicted molar refractivity (Wildman–Crippen MR) is 81.9 cm³/mol. The van der Waals surface area contributed by atoms with Gasteiger partial charge in [0.2, 0.25) is 5.88 Å². The summed E-state index contributed by atoms with van der Waals surface area (Å²) in [4.78, 5) is 8.28. The highest BCUT2D eigenvalue weighted by atomic mass is 16.5. The lowest BCUT2D eigenvalue weighted by Gasteiger charge is -2.21. The van der Waals surface area contributed by atoms with Crippen LogP contribution in [0.25, 0.3) is 0 Å². The third-order valence-corrected chi connectivity index (χ3v) is 3.76. The number of aromatic nitrogens is 2. The maximum atomic E-state index is 6.04. The molecule has 1 fully saturated rings. The van der Waals surface area contributed by atoms with E-state index in [0.29, 0.717) is 17.4 Å². The maximum Gasteiger partial charge on any atom is 0.242 e. The van der Waals surface area contributed by atoms with Crippen molar-refractivity contribution in [2.75, 3.05) is 17.6 Å². The number of ether oxygens (including phenoxy) is 1. The van der Waals surface area contributed by atoms with Gasteiger partial charge in [0.15, 0.2) is 5.82 Å². The predicted octanol–water partition coefficient (Wildman–Crippen LogP) is 3.23. The van der Waals surface area contributed by atoms with Crippen molar-refractivity contribution in [3.05, 3.63) is 6.33 Å². The largest absolute Gasteiger partial charge is 0.473 e. The van der Waals surface area contributed by atoms with Crippen molar-refractivity contribution in [3.8, 4) is 5.88 Å². The fraction of sp³-hybridized carbons (Fsp3) is 0.733. The van der Waals surface area contributed by atoms with Crippen molar-refractivity contribution in [1.82, 2.24) is 9.97 Å². The molecule has 5 heteroatoms. The van der Waals surface area contributed by atoms with E-state index in [1.165, 1.54) is 44.9 Å². The van der Waals surface area contributed by atoms with Crippen LogP contribution in [0.4, 0.5) is 11.5 Å². The average Bonchev–Trinajstić information content (AvgIpc) is 2.43. The van der Waals surface area contributed by atoms with Gasteiger partial charge in [-0.15, -0.1) is 0 Å². The lowest BCUT2D eigenvalue weighted by Crippen LogP contribution is -2.15. The molecule has 0 aliphatic heterocycles. The third-order valence-electron chi connectivity index (χ3n) is 3.76. The van der Waals surface area contributed by atoms with Crippen LogP contribution in [0.2, 0.25) is 0 Å². The molecule has 1 aromatic heterocycles. The van der Waals surface area contributed by atoms with Crippen LogP contribution in [0.1, 0.15) is 52.4 Å². The molecular weight excluding hydrogens is 252 g/mol.